The monoisotopic (exact) mass is 557 g/mol. The summed E-state index contributed by atoms with van der Waals surface area (Å²) in [5.74, 6) is -3.41. The van der Waals surface area contributed by atoms with Gasteiger partial charge in [0.2, 0.25) is 5.79 Å². The molecule has 0 amide bonds. The van der Waals surface area contributed by atoms with Crippen LogP contribution in [0.3, 0.4) is 0 Å². The molecule has 2 aromatic carbocycles. The number of benzene rings is 2. The minimum atomic E-state index is -2.04. The van der Waals surface area contributed by atoms with E-state index in [4.69, 9.17) is 18.9 Å². The van der Waals surface area contributed by atoms with Crippen molar-refractivity contribution in [2.75, 3.05) is 26.8 Å². The highest BCUT2D eigenvalue weighted by molar-refractivity contribution is 5.94. The Hall–Kier alpha value is -3.48. The number of aromatic hydroxyl groups is 1. The first-order valence-corrected chi connectivity index (χ1v) is 13.1. The maximum absolute atomic E-state index is 13.7. The standard InChI is InChI=1S/C29H35NO10/c1-17(32)38-26-25(34)24-15-30-16-29(36,40-24)27(26)39-28(35)21(13-20-7-9-22(33)23(14-20)37-2)8-6-18-4-3-5-19(12-18)10-11-31/h3-5,7,9,12-14,24-27,30-31,33-34,36H,6,8,10-11,15-16H2,1-2H3/b21-13+/t24-,25-,26+,27+,29+/m0/s1. The van der Waals surface area contributed by atoms with Crippen LogP contribution in [-0.2, 0) is 36.6 Å². The molecule has 2 aliphatic rings. The number of phenolic OH excluding ortho intramolecular Hbond substituents is 1. The van der Waals surface area contributed by atoms with Crippen LogP contribution < -0.4 is 10.1 Å². The van der Waals surface area contributed by atoms with Gasteiger partial charge in [-0.15, -0.1) is 0 Å². The Kier molecular flexibility index (Phi) is 9.44. The third-order valence-electron chi connectivity index (χ3n) is 6.96. The average Bonchev–Trinajstić information content (AvgIpc) is 2.92. The number of phenols is 1. The van der Waals surface area contributed by atoms with Crippen molar-refractivity contribution >= 4 is 18.0 Å². The van der Waals surface area contributed by atoms with E-state index in [1.165, 1.54) is 13.2 Å². The van der Waals surface area contributed by atoms with Crippen LogP contribution in [0.5, 0.6) is 11.5 Å². The SMILES string of the molecule is COc1cc(/C=C(\CCc2cccc(CCO)c2)C(=O)O[C@@H]2[C@H](OC(C)=O)[C@@H](O)[C@@H]3CNC[C@@]2(O)O3)ccc1O. The van der Waals surface area contributed by atoms with Gasteiger partial charge in [-0.2, -0.15) is 0 Å². The normalized spacial score (nSPS) is 26.2. The topological polar surface area (TPSA) is 164 Å². The maximum Gasteiger partial charge on any atom is 0.334 e. The van der Waals surface area contributed by atoms with Crippen LogP contribution in [0.15, 0.2) is 48.0 Å². The van der Waals surface area contributed by atoms with E-state index in [1.54, 1.807) is 18.2 Å². The summed E-state index contributed by atoms with van der Waals surface area (Å²) in [6.45, 7) is 1.28. The Morgan fingerprint density at radius 1 is 1.15 bits per heavy atom. The largest absolute Gasteiger partial charge is 0.504 e. The van der Waals surface area contributed by atoms with Crippen LogP contribution in [0, 0.1) is 0 Å². The molecule has 4 rings (SSSR count). The Morgan fingerprint density at radius 3 is 2.60 bits per heavy atom. The number of carbonyl (C=O) groups is 2. The molecule has 11 heteroatoms. The first-order valence-electron chi connectivity index (χ1n) is 13.1. The van der Waals surface area contributed by atoms with E-state index >= 15 is 0 Å². The lowest BCUT2D eigenvalue weighted by molar-refractivity contribution is -0.355. The quantitative estimate of drug-likeness (QED) is 0.208. The number of hydrogen-bond donors (Lipinski definition) is 5. The van der Waals surface area contributed by atoms with Crippen molar-refractivity contribution in [1.82, 2.24) is 5.32 Å². The van der Waals surface area contributed by atoms with Crippen LogP contribution in [0.1, 0.15) is 30.0 Å². The molecule has 0 saturated carbocycles. The predicted octanol–water partition coefficient (Wildman–Crippen LogP) is 0.847. The number of aryl methyl sites for hydroxylation is 1. The minimum Gasteiger partial charge on any atom is -0.504 e. The predicted molar refractivity (Wildman–Crippen MR) is 142 cm³/mol. The molecular formula is C29H35NO10. The Labute approximate surface area is 231 Å². The fourth-order valence-electron chi connectivity index (χ4n) is 4.98. The lowest BCUT2D eigenvalue weighted by Gasteiger charge is -2.51. The molecule has 0 radical (unpaired) electrons. The zero-order valence-corrected chi connectivity index (χ0v) is 22.4. The molecule has 11 nitrogen and oxygen atoms in total. The summed E-state index contributed by atoms with van der Waals surface area (Å²) < 4.78 is 21.9. The number of nitrogens with one attached hydrogen (secondary N) is 1. The van der Waals surface area contributed by atoms with E-state index in [0.717, 1.165) is 18.1 Å². The summed E-state index contributed by atoms with van der Waals surface area (Å²) in [6.07, 6.45) is -2.35. The number of aliphatic hydroxyl groups is 3. The molecule has 2 aliphatic heterocycles. The van der Waals surface area contributed by atoms with E-state index in [2.05, 4.69) is 5.32 Å². The summed E-state index contributed by atoms with van der Waals surface area (Å²) in [4.78, 5) is 25.5. The van der Waals surface area contributed by atoms with Crippen molar-refractivity contribution in [3.8, 4) is 11.5 Å². The first kappa shape index (κ1) is 29.5. The van der Waals surface area contributed by atoms with Crippen molar-refractivity contribution in [3.05, 3.63) is 64.7 Å². The highest BCUT2D eigenvalue weighted by Gasteiger charge is 2.59. The molecule has 0 spiro atoms. The van der Waals surface area contributed by atoms with Crippen LogP contribution in [0.25, 0.3) is 6.08 Å². The molecule has 2 saturated heterocycles. The number of ether oxygens (including phenoxy) is 4. The zero-order chi connectivity index (χ0) is 28.9. The zero-order valence-electron chi connectivity index (χ0n) is 22.4. The fourth-order valence-corrected chi connectivity index (χ4v) is 4.98. The molecule has 5 atom stereocenters. The lowest BCUT2D eigenvalue weighted by atomic mass is 9.89. The second-order valence-electron chi connectivity index (χ2n) is 9.92. The molecule has 0 aliphatic carbocycles. The molecule has 216 valence electrons. The number of fused-ring (bicyclic) bond motifs is 2. The number of morpholine rings is 1. The van der Waals surface area contributed by atoms with E-state index in [-0.39, 0.29) is 43.2 Å². The van der Waals surface area contributed by atoms with Gasteiger partial charge >= 0.3 is 11.9 Å². The van der Waals surface area contributed by atoms with Gasteiger partial charge in [0.15, 0.2) is 23.7 Å². The van der Waals surface area contributed by atoms with Crippen LogP contribution >= 0.6 is 0 Å². The van der Waals surface area contributed by atoms with Gasteiger partial charge in [-0.3, -0.25) is 4.79 Å². The highest BCUT2D eigenvalue weighted by atomic mass is 16.7. The molecule has 2 bridgehead atoms. The lowest BCUT2D eigenvalue weighted by Crippen LogP contribution is -2.73. The number of esters is 2. The van der Waals surface area contributed by atoms with Crippen molar-refractivity contribution in [1.29, 1.82) is 0 Å². The molecule has 0 aromatic heterocycles. The van der Waals surface area contributed by atoms with Gasteiger partial charge in [0.25, 0.3) is 0 Å². The number of rotatable bonds is 10. The van der Waals surface area contributed by atoms with E-state index in [9.17, 15) is 30.0 Å². The smallest absolute Gasteiger partial charge is 0.334 e. The third-order valence-corrected chi connectivity index (χ3v) is 6.96. The van der Waals surface area contributed by atoms with E-state index < -0.39 is 42.1 Å². The van der Waals surface area contributed by atoms with Crippen molar-refractivity contribution in [3.63, 3.8) is 0 Å². The summed E-state index contributed by atoms with van der Waals surface area (Å²) in [6, 6.07) is 12.2. The molecule has 2 heterocycles. The Bertz CT molecular complexity index is 1250. The number of methoxy groups -OCH3 is 1. The number of β-amino-alcohol motifs (C(OH)–C–C–N with tert-alkyl or cyclic N) is 1. The van der Waals surface area contributed by atoms with Crippen molar-refractivity contribution in [2.45, 2.75) is 56.4 Å². The summed E-state index contributed by atoms with van der Waals surface area (Å²) >= 11 is 0. The van der Waals surface area contributed by atoms with Gasteiger partial charge in [0, 0.05) is 25.6 Å². The minimum absolute atomic E-state index is 0.0149. The molecule has 5 N–H and O–H groups in total. The average molecular weight is 558 g/mol. The van der Waals surface area contributed by atoms with Gasteiger partial charge in [0.05, 0.1) is 13.7 Å². The molecular weight excluding hydrogens is 522 g/mol. The van der Waals surface area contributed by atoms with Crippen LogP contribution in [0.2, 0.25) is 0 Å². The van der Waals surface area contributed by atoms with Gasteiger partial charge < -0.3 is 44.7 Å². The number of aliphatic hydroxyl groups excluding tert-OH is 2. The summed E-state index contributed by atoms with van der Waals surface area (Å²) in [5, 5.41) is 44.2. The van der Waals surface area contributed by atoms with E-state index in [1.807, 2.05) is 24.3 Å². The van der Waals surface area contributed by atoms with Gasteiger partial charge in [-0.1, -0.05) is 30.3 Å². The maximum atomic E-state index is 13.7. The molecule has 2 aromatic rings. The van der Waals surface area contributed by atoms with E-state index in [0.29, 0.717) is 18.4 Å². The molecule has 40 heavy (non-hydrogen) atoms. The Balaban J connectivity index is 1.64. The van der Waals surface area contributed by atoms with Crippen molar-refractivity contribution < 1.29 is 49.0 Å². The van der Waals surface area contributed by atoms with Gasteiger partial charge in [-0.05, 0) is 54.2 Å². The summed E-state index contributed by atoms with van der Waals surface area (Å²) in [5.41, 5.74) is 2.65. The third kappa shape index (κ3) is 6.80. The first-order chi connectivity index (χ1) is 19.1. The second-order valence-corrected chi connectivity index (χ2v) is 9.92. The fraction of sp³-hybridized carbons (Fsp3) is 0.448. The van der Waals surface area contributed by atoms with Crippen LogP contribution in [0.4, 0.5) is 0 Å². The molecule has 0 unspecified atom stereocenters. The van der Waals surface area contributed by atoms with Crippen LogP contribution in [-0.4, -0.2) is 89.4 Å². The number of carbonyl (C=O) groups excluding carboxylic acids is 2. The second kappa shape index (κ2) is 12.8. The van der Waals surface area contributed by atoms with Gasteiger partial charge in [-0.25, -0.2) is 4.79 Å². The Morgan fingerprint density at radius 2 is 1.90 bits per heavy atom. The van der Waals surface area contributed by atoms with Gasteiger partial charge in [0.1, 0.15) is 12.2 Å². The highest BCUT2D eigenvalue weighted by Crippen LogP contribution is 2.35. The summed E-state index contributed by atoms with van der Waals surface area (Å²) in [7, 11) is 1.41. The van der Waals surface area contributed by atoms with Crippen molar-refractivity contribution in [2.24, 2.45) is 0 Å². The number of hydrogen-bond acceptors (Lipinski definition) is 11. The molecule has 2 fully saturated rings.